The van der Waals surface area contributed by atoms with Gasteiger partial charge in [0.1, 0.15) is 4.90 Å². The molecule has 4 N–H and O–H groups in total. The molecule has 0 amide bonds. The van der Waals surface area contributed by atoms with Crippen molar-refractivity contribution in [3.8, 4) is 0 Å². The largest absolute Gasteiger partial charge is 0.398 e. The first-order valence-electron chi connectivity index (χ1n) is 7.09. The van der Waals surface area contributed by atoms with E-state index < -0.39 is 10.0 Å². The number of nitrogens with two attached hydrogens (primary N) is 1. The van der Waals surface area contributed by atoms with Crippen molar-refractivity contribution in [2.24, 2.45) is 11.8 Å². The van der Waals surface area contributed by atoms with Crippen LogP contribution in [0.4, 0.5) is 5.69 Å². The van der Waals surface area contributed by atoms with Crippen molar-refractivity contribution in [1.82, 2.24) is 4.72 Å². The van der Waals surface area contributed by atoms with E-state index in [1.54, 1.807) is 6.07 Å². The van der Waals surface area contributed by atoms with Crippen molar-refractivity contribution in [2.45, 2.75) is 30.6 Å². The molecule has 1 aromatic rings. The summed E-state index contributed by atoms with van der Waals surface area (Å²) in [6.07, 6.45) is 4.04. The van der Waals surface area contributed by atoms with E-state index in [2.05, 4.69) is 4.72 Å². The van der Waals surface area contributed by atoms with Crippen LogP contribution in [0.5, 0.6) is 0 Å². The van der Waals surface area contributed by atoms with Crippen LogP contribution in [0.2, 0.25) is 5.02 Å². The summed E-state index contributed by atoms with van der Waals surface area (Å²) in [7, 11) is -3.69. The third-order valence-electron chi connectivity index (χ3n) is 4.10. The fourth-order valence-corrected chi connectivity index (χ4v) is 4.32. The van der Waals surface area contributed by atoms with E-state index in [1.807, 2.05) is 0 Å². The minimum absolute atomic E-state index is 0.00589. The number of hydrogen-bond donors (Lipinski definition) is 3. The monoisotopic (exact) mass is 332 g/mol. The molecule has 1 aliphatic carbocycles. The first-order chi connectivity index (χ1) is 9.94. The van der Waals surface area contributed by atoms with Crippen LogP contribution in [-0.4, -0.2) is 26.7 Å². The molecular weight excluding hydrogens is 312 g/mol. The van der Waals surface area contributed by atoms with Crippen LogP contribution in [0.25, 0.3) is 0 Å². The van der Waals surface area contributed by atoms with E-state index in [1.165, 1.54) is 12.1 Å². The maximum absolute atomic E-state index is 12.3. The van der Waals surface area contributed by atoms with Gasteiger partial charge in [0.2, 0.25) is 10.0 Å². The second-order valence-electron chi connectivity index (χ2n) is 5.52. The van der Waals surface area contributed by atoms with Crippen LogP contribution < -0.4 is 10.5 Å². The smallest absolute Gasteiger partial charge is 0.242 e. The highest BCUT2D eigenvalue weighted by atomic mass is 35.5. The number of nitrogens with one attached hydrogen (secondary N) is 1. The molecule has 0 bridgehead atoms. The maximum atomic E-state index is 12.3. The summed E-state index contributed by atoms with van der Waals surface area (Å²) in [5, 5.41) is 9.70. The SMILES string of the molecule is Nc1ccc(Cl)cc1S(=O)(=O)NCC1CCCCC1CO. The lowest BCUT2D eigenvalue weighted by molar-refractivity contribution is 0.136. The Balaban J connectivity index is 2.09. The predicted molar refractivity (Wildman–Crippen MR) is 83.6 cm³/mol. The fraction of sp³-hybridized carbons (Fsp3) is 0.571. The third kappa shape index (κ3) is 4.10. The second-order valence-corrected chi connectivity index (χ2v) is 7.69. The van der Waals surface area contributed by atoms with Gasteiger partial charge in [-0.2, -0.15) is 0 Å². The number of sulfonamides is 1. The Morgan fingerprint density at radius 3 is 2.62 bits per heavy atom. The molecule has 21 heavy (non-hydrogen) atoms. The number of benzene rings is 1. The first-order valence-corrected chi connectivity index (χ1v) is 8.95. The lowest BCUT2D eigenvalue weighted by atomic mass is 9.80. The molecule has 0 aliphatic heterocycles. The van der Waals surface area contributed by atoms with Crippen LogP contribution in [0.15, 0.2) is 23.1 Å². The van der Waals surface area contributed by atoms with Gasteiger partial charge in [0.15, 0.2) is 0 Å². The van der Waals surface area contributed by atoms with E-state index in [4.69, 9.17) is 17.3 Å². The molecule has 1 fully saturated rings. The van der Waals surface area contributed by atoms with Gasteiger partial charge in [-0.1, -0.05) is 24.4 Å². The number of halogens is 1. The number of aliphatic hydroxyl groups is 1. The summed E-state index contributed by atoms with van der Waals surface area (Å²) >= 11 is 5.84. The summed E-state index contributed by atoms with van der Waals surface area (Å²) in [4.78, 5) is 0.00589. The molecule has 1 aromatic carbocycles. The maximum Gasteiger partial charge on any atom is 0.242 e. The Bertz CT molecular complexity index is 592. The van der Waals surface area contributed by atoms with Gasteiger partial charge in [-0.05, 0) is 42.9 Å². The first kappa shape index (κ1) is 16.5. The zero-order valence-corrected chi connectivity index (χ0v) is 13.3. The Hall–Kier alpha value is -0.820. The molecule has 0 saturated heterocycles. The highest BCUT2D eigenvalue weighted by Gasteiger charge is 2.27. The Kier molecular flexibility index (Phi) is 5.48. The lowest BCUT2D eigenvalue weighted by Gasteiger charge is -2.30. The minimum Gasteiger partial charge on any atom is -0.398 e. The zero-order chi connectivity index (χ0) is 15.5. The van der Waals surface area contributed by atoms with E-state index in [-0.39, 0.29) is 29.0 Å². The number of anilines is 1. The zero-order valence-electron chi connectivity index (χ0n) is 11.8. The van der Waals surface area contributed by atoms with Crippen molar-refractivity contribution in [3.05, 3.63) is 23.2 Å². The average Bonchev–Trinajstić information content (AvgIpc) is 2.48. The molecule has 2 atom stereocenters. The van der Waals surface area contributed by atoms with Crippen molar-refractivity contribution in [2.75, 3.05) is 18.9 Å². The Labute approximate surface area is 130 Å². The molecule has 0 radical (unpaired) electrons. The van der Waals surface area contributed by atoms with E-state index in [0.29, 0.717) is 11.6 Å². The number of aliphatic hydroxyl groups excluding tert-OH is 1. The molecule has 2 rings (SSSR count). The van der Waals surface area contributed by atoms with Crippen LogP contribution in [0, 0.1) is 11.8 Å². The Morgan fingerprint density at radius 2 is 1.95 bits per heavy atom. The van der Waals surface area contributed by atoms with E-state index in [0.717, 1.165) is 25.7 Å². The molecule has 0 aromatic heterocycles. The van der Waals surface area contributed by atoms with E-state index in [9.17, 15) is 13.5 Å². The fourth-order valence-electron chi connectivity index (χ4n) is 2.83. The number of rotatable bonds is 5. The van der Waals surface area contributed by atoms with Gasteiger partial charge < -0.3 is 10.8 Å². The van der Waals surface area contributed by atoms with Crippen LogP contribution in [-0.2, 0) is 10.0 Å². The van der Waals surface area contributed by atoms with Gasteiger partial charge in [0, 0.05) is 18.2 Å². The van der Waals surface area contributed by atoms with Crippen molar-refractivity contribution in [1.29, 1.82) is 0 Å². The molecule has 0 heterocycles. The molecule has 5 nitrogen and oxygen atoms in total. The quantitative estimate of drug-likeness (QED) is 0.719. The van der Waals surface area contributed by atoms with Crippen molar-refractivity contribution >= 4 is 27.3 Å². The van der Waals surface area contributed by atoms with Gasteiger partial charge in [-0.15, -0.1) is 0 Å². The Morgan fingerprint density at radius 1 is 1.29 bits per heavy atom. The average molecular weight is 333 g/mol. The molecule has 1 saturated carbocycles. The molecule has 2 unspecified atom stereocenters. The van der Waals surface area contributed by atoms with Gasteiger partial charge in [-0.25, -0.2) is 13.1 Å². The molecular formula is C14H21ClN2O3S. The molecule has 118 valence electrons. The molecule has 1 aliphatic rings. The van der Waals surface area contributed by atoms with Crippen molar-refractivity contribution in [3.63, 3.8) is 0 Å². The van der Waals surface area contributed by atoms with Crippen LogP contribution in [0.1, 0.15) is 25.7 Å². The standard InChI is InChI=1S/C14H21ClN2O3S/c15-12-5-6-13(16)14(7-12)21(19,20)17-8-10-3-1-2-4-11(10)9-18/h5-7,10-11,17-18H,1-4,8-9,16H2. The summed E-state index contributed by atoms with van der Waals surface area (Å²) in [6.45, 7) is 0.422. The molecule has 7 heteroatoms. The highest BCUT2D eigenvalue weighted by Crippen LogP contribution is 2.30. The summed E-state index contributed by atoms with van der Waals surface area (Å²) in [5.41, 5.74) is 5.90. The summed E-state index contributed by atoms with van der Waals surface area (Å²) in [6, 6.07) is 4.39. The lowest BCUT2D eigenvalue weighted by Crippen LogP contribution is -2.35. The summed E-state index contributed by atoms with van der Waals surface area (Å²) < 4.78 is 27.3. The summed E-state index contributed by atoms with van der Waals surface area (Å²) in [5.74, 6) is 0.331. The topological polar surface area (TPSA) is 92.4 Å². The number of nitrogen functional groups attached to an aromatic ring is 1. The van der Waals surface area contributed by atoms with Gasteiger partial charge in [-0.3, -0.25) is 0 Å². The third-order valence-corrected chi connectivity index (χ3v) is 5.82. The predicted octanol–water partition coefficient (Wildman–Crippen LogP) is 2.00. The van der Waals surface area contributed by atoms with Crippen LogP contribution in [0.3, 0.4) is 0 Å². The van der Waals surface area contributed by atoms with E-state index >= 15 is 0 Å². The normalized spacial score (nSPS) is 23.1. The minimum atomic E-state index is -3.69. The van der Waals surface area contributed by atoms with Gasteiger partial charge in [0.05, 0.1) is 5.69 Å². The van der Waals surface area contributed by atoms with Crippen molar-refractivity contribution < 1.29 is 13.5 Å². The van der Waals surface area contributed by atoms with Crippen LogP contribution >= 0.6 is 11.6 Å². The number of hydrogen-bond acceptors (Lipinski definition) is 4. The highest BCUT2D eigenvalue weighted by molar-refractivity contribution is 7.89. The van der Waals surface area contributed by atoms with Gasteiger partial charge in [0.25, 0.3) is 0 Å². The molecule has 0 spiro atoms. The second kappa shape index (κ2) is 6.96. The van der Waals surface area contributed by atoms with Gasteiger partial charge >= 0.3 is 0 Å².